The summed E-state index contributed by atoms with van der Waals surface area (Å²) in [6.45, 7) is 4.01. The van der Waals surface area contributed by atoms with Crippen LogP contribution in [0.1, 0.15) is 16.9 Å². The van der Waals surface area contributed by atoms with Gasteiger partial charge in [0.25, 0.3) is 5.91 Å². The van der Waals surface area contributed by atoms with Gasteiger partial charge in [-0.15, -0.1) is 0 Å². The topological polar surface area (TPSA) is 45.8 Å². The average molecular weight is 374 g/mol. The van der Waals surface area contributed by atoms with E-state index in [1.807, 2.05) is 68.4 Å². The third kappa shape index (κ3) is 3.46. The third-order valence-corrected chi connectivity index (χ3v) is 5.28. The van der Waals surface area contributed by atoms with Crippen molar-refractivity contribution < 1.29 is 9.21 Å². The summed E-state index contributed by atoms with van der Waals surface area (Å²) in [5.41, 5.74) is 3.77. The molecule has 1 fully saturated rings. The van der Waals surface area contributed by atoms with E-state index in [0.717, 1.165) is 22.5 Å². The number of furan rings is 1. The first kappa shape index (κ1) is 17.4. The Morgan fingerprint density at radius 1 is 0.963 bits per heavy atom. The third-order valence-electron chi connectivity index (χ3n) is 4.31. The van der Waals surface area contributed by atoms with Gasteiger partial charge in [-0.2, -0.15) is 0 Å². The molecule has 27 heavy (non-hydrogen) atoms. The summed E-state index contributed by atoms with van der Waals surface area (Å²) in [5.74, 6) is 0.547. The number of nitrogens with zero attached hydrogens (tertiary/aromatic N) is 2. The molecule has 0 saturated carbocycles. The number of carbonyl (C=O) groups excluding carboxylic acids is 1. The smallest absolute Gasteiger partial charge is 0.271 e. The van der Waals surface area contributed by atoms with Crippen molar-refractivity contribution in [1.82, 2.24) is 0 Å². The molecule has 2 heterocycles. The molecule has 1 saturated heterocycles. The van der Waals surface area contributed by atoms with Crippen LogP contribution in [0.3, 0.4) is 0 Å². The largest absolute Gasteiger partial charge is 0.465 e. The van der Waals surface area contributed by atoms with E-state index in [2.05, 4.69) is 0 Å². The van der Waals surface area contributed by atoms with Crippen molar-refractivity contribution >= 4 is 40.3 Å². The SMILES string of the molecule is Cc1ccccc1N=C1SC(=Cc2ccco2)C(=O)N1c1ccccc1C. The van der Waals surface area contributed by atoms with Crippen molar-refractivity contribution in [3.8, 4) is 0 Å². The van der Waals surface area contributed by atoms with Crippen LogP contribution in [-0.4, -0.2) is 11.1 Å². The van der Waals surface area contributed by atoms with E-state index >= 15 is 0 Å². The second-order valence-corrected chi connectivity index (χ2v) is 7.24. The predicted octanol–water partition coefficient (Wildman–Crippen LogP) is 5.71. The number of hydrogen-bond donors (Lipinski definition) is 0. The van der Waals surface area contributed by atoms with Gasteiger partial charge >= 0.3 is 0 Å². The van der Waals surface area contributed by atoms with Crippen LogP contribution in [0.2, 0.25) is 0 Å². The fourth-order valence-electron chi connectivity index (χ4n) is 2.87. The molecular weight excluding hydrogens is 356 g/mol. The zero-order chi connectivity index (χ0) is 18.8. The van der Waals surface area contributed by atoms with E-state index in [0.29, 0.717) is 15.8 Å². The second kappa shape index (κ2) is 7.29. The Kier molecular flexibility index (Phi) is 4.69. The lowest BCUT2D eigenvalue weighted by Crippen LogP contribution is -2.29. The van der Waals surface area contributed by atoms with Crippen LogP contribution >= 0.6 is 11.8 Å². The molecule has 4 rings (SSSR count). The highest BCUT2D eigenvalue weighted by molar-refractivity contribution is 8.19. The molecular formula is C22H18N2O2S. The number of aryl methyl sites for hydroxylation is 2. The Bertz CT molecular complexity index is 1050. The van der Waals surface area contributed by atoms with Crippen molar-refractivity contribution in [2.45, 2.75) is 13.8 Å². The van der Waals surface area contributed by atoms with Crippen LogP contribution in [0.4, 0.5) is 11.4 Å². The molecule has 0 N–H and O–H groups in total. The second-order valence-electron chi connectivity index (χ2n) is 6.23. The van der Waals surface area contributed by atoms with E-state index < -0.39 is 0 Å². The first-order valence-corrected chi connectivity index (χ1v) is 9.42. The van der Waals surface area contributed by atoms with Gasteiger partial charge in [0.1, 0.15) is 5.76 Å². The minimum Gasteiger partial charge on any atom is -0.465 e. The van der Waals surface area contributed by atoms with Crippen molar-refractivity contribution in [3.63, 3.8) is 0 Å². The lowest BCUT2D eigenvalue weighted by molar-refractivity contribution is -0.113. The lowest BCUT2D eigenvalue weighted by Gasteiger charge is -2.18. The number of anilines is 1. The molecule has 4 nitrogen and oxygen atoms in total. The molecule has 1 aliphatic rings. The maximum absolute atomic E-state index is 13.2. The van der Waals surface area contributed by atoms with Crippen LogP contribution in [0.5, 0.6) is 0 Å². The molecule has 5 heteroatoms. The number of carbonyl (C=O) groups is 1. The number of para-hydroxylation sites is 2. The maximum atomic E-state index is 13.2. The van der Waals surface area contributed by atoms with Gasteiger partial charge in [-0.1, -0.05) is 36.4 Å². The summed E-state index contributed by atoms with van der Waals surface area (Å²) in [4.78, 5) is 20.2. The molecule has 0 spiro atoms. The summed E-state index contributed by atoms with van der Waals surface area (Å²) < 4.78 is 5.38. The quantitative estimate of drug-likeness (QED) is 0.552. The van der Waals surface area contributed by atoms with Crippen LogP contribution < -0.4 is 4.90 Å². The Labute approximate surface area is 162 Å². The van der Waals surface area contributed by atoms with Gasteiger partial charge in [0, 0.05) is 6.08 Å². The Balaban J connectivity index is 1.83. The van der Waals surface area contributed by atoms with E-state index in [4.69, 9.17) is 9.41 Å². The fraction of sp³-hybridized carbons (Fsp3) is 0.0909. The van der Waals surface area contributed by atoms with Gasteiger partial charge in [0.15, 0.2) is 5.17 Å². The molecule has 2 aromatic carbocycles. The highest BCUT2D eigenvalue weighted by atomic mass is 32.2. The maximum Gasteiger partial charge on any atom is 0.271 e. The zero-order valence-electron chi connectivity index (χ0n) is 15.0. The standard InChI is InChI=1S/C22H18N2O2S/c1-15-8-3-5-11-18(15)23-22-24(19-12-6-4-9-16(19)2)21(25)20(27-22)14-17-10-7-13-26-17/h3-14H,1-2H3. The summed E-state index contributed by atoms with van der Waals surface area (Å²) in [6, 6.07) is 19.4. The molecule has 3 aromatic rings. The summed E-state index contributed by atoms with van der Waals surface area (Å²) >= 11 is 1.36. The summed E-state index contributed by atoms with van der Waals surface area (Å²) in [6.07, 6.45) is 3.36. The number of benzene rings is 2. The minimum absolute atomic E-state index is 0.0990. The van der Waals surface area contributed by atoms with Gasteiger partial charge in [0.2, 0.25) is 0 Å². The Morgan fingerprint density at radius 3 is 2.41 bits per heavy atom. The first-order chi connectivity index (χ1) is 13.1. The monoisotopic (exact) mass is 374 g/mol. The normalized spacial score (nSPS) is 17.3. The number of rotatable bonds is 3. The first-order valence-electron chi connectivity index (χ1n) is 8.61. The lowest BCUT2D eigenvalue weighted by atomic mass is 10.2. The molecule has 0 atom stereocenters. The Morgan fingerprint density at radius 2 is 1.70 bits per heavy atom. The van der Waals surface area contributed by atoms with E-state index in [9.17, 15) is 4.79 Å². The van der Waals surface area contributed by atoms with E-state index in [1.54, 1.807) is 23.3 Å². The molecule has 0 aliphatic carbocycles. The number of hydrogen-bond acceptors (Lipinski definition) is 4. The van der Waals surface area contributed by atoms with Gasteiger partial charge in [-0.05, 0) is 61.0 Å². The summed E-state index contributed by atoms with van der Waals surface area (Å²) in [5, 5.41) is 0.640. The molecule has 134 valence electrons. The minimum atomic E-state index is -0.0990. The zero-order valence-corrected chi connectivity index (χ0v) is 15.9. The van der Waals surface area contributed by atoms with Crippen LogP contribution in [0.15, 0.2) is 81.2 Å². The number of thioether (sulfide) groups is 1. The fourth-order valence-corrected chi connectivity index (χ4v) is 3.84. The van der Waals surface area contributed by atoms with Crippen molar-refractivity contribution in [2.75, 3.05) is 4.90 Å². The summed E-state index contributed by atoms with van der Waals surface area (Å²) in [7, 11) is 0. The van der Waals surface area contributed by atoms with Crippen LogP contribution in [0.25, 0.3) is 6.08 Å². The van der Waals surface area contributed by atoms with Gasteiger partial charge < -0.3 is 4.42 Å². The number of aliphatic imine (C=N–C) groups is 1. The molecule has 0 unspecified atom stereocenters. The van der Waals surface area contributed by atoms with Crippen LogP contribution in [0, 0.1) is 13.8 Å². The van der Waals surface area contributed by atoms with Crippen LogP contribution in [-0.2, 0) is 4.79 Å². The highest BCUT2D eigenvalue weighted by Gasteiger charge is 2.35. The number of amidine groups is 1. The highest BCUT2D eigenvalue weighted by Crippen LogP contribution is 2.38. The predicted molar refractivity (Wildman–Crippen MR) is 111 cm³/mol. The van der Waals surface area contributed by atoms with Gasteiger partial charge in [0.05, 0.1) is 22.5 Å². The van der Waals surface area contributed by atoms with Gasteiger partial charge in [-0.25, -0.2) is 4.99 Å². The number of amides is 1. The molecule has 0 radical (unpaired) electrons. The molecule has 1 aromatic heterocycles. The van der Waals surface area contributed by atoms with Gasteiger partial charge in [-0.3, -0.25) is 9.69 Å². The molecule has 1 amide bonds. The molecule has 1 aliphatic heterocycles. The average Bonchev–Trinajstić information content (AvgIpc) is 3.27. The Hall–Kier alpha value is -3.05. The van der Waals surface area contributed by atoms with E-state index in [1.165, 1.54) is 11.8 Å². The van der Waals surface area contributed by atoms with E-state index in [-0.39, 0.29) is 5.91 Å². The molecule has 0 bridgehead atoms. The van der Waals surface area contributed by atoms with Crippen molar-refractivity contribution in [1.29, 1.82) is 0 Å². The van der Waals surface area contributed by atoms with Crippen molar-refractivity contribution in [3.05, 3.63) is 88.7 Å². The van der Waals surface area contributed by atoms with Crippen molar-refractivity contribution in [2.24, 2.45) is 4.99 Å².